The van der Waals surface area contributed by atoms with E-state index in [-0.39, 0.29) is 29.1 Å². The molecule has 0 aromatic heterocycles. The summed E-state index contributed by atoms with van der Waals surface area (Å²) >= 11 is 0. The van der Waals surface area contributed by atoms with E-state index in [4.69, 9.17) is 4.74 Å². The third-order valence-corrected chi connectivity index (χ3v) is 5.92. The van der Waals surface area contributed by atoms with Gasteiger partial charge in [0.25, 0.3) is 0 Å². The summed E-state index contributed by atoms with van der Waals surface area (Å²) in [5.41, 5.74) is 1.27. The van der Waals surface area contributed by atoms with Crippen molar-refractivity contribution in [2.45, 2.75) is 38.5 Å². The summed E-state index contributed by atoms with van der Waals surface area (Å²) in [7, 11) is 1.69. The summed E-state index contributed by atoms with van der Waals surface area (Å²) < 4.78 is 5.39. The Balaban J connectivity index is 0.00000225. The third-order valence-electron chi connectivity index (χ3n) is 5.92. The minimum Gasteiger partial charge on any atom is -0.384 e. The van der Waals surface area contributed by atoms with Gasteiger partial charge in [0.15, 0.2) is 0 Å². The molecule has 1 aliphatic heterocycles. The van der Waals surface area contributed by atoms with Crippen LogP contribution in [0, 0.1) is 10.8 Å². The van der Waals surface area contributed by atoms with Crippen molar-refractivity contribution in [2.75, 3.05) is 33.4 Å². The van der Waals surface area contributed by atoms with Crippen LogP contribution >= 0.6 is 12.4 Å². The van der Waals surface area contributed by atoms with Crippen LogP contribution in [0.5, 0.6) is 0 Å². The van der Waals surface area contributed by atoms with Crippen molar-refractivity contribution in [2.24, 2.45) is 10.8 Å². The van der Waals surface area contributed by atoms with Gasteiger partial charge in [-0.2, -0.15) is 0 Å². The standard InChI is InChI=1S/C20H30N2O2.ClH/c1-24-16-20(10-12-21-13-11-20)18(23)22-15-19(8-5-9-19)14-17-6-3-2-4-7-17;/h2-4,6-7,21H,5,8-16H2,1H3,(H,22,23);1H. The molecule has 0 spiro atoms. The molecule has 1 aromatic rings. The van der Waals surface area contributed by atoms with Gasteiger partial charge in [-0.25, -0.2) is 0 Å². The van der Waals surface area contributed by atoms with Crippen molar-refractivity contribution in [3.8, 4) is 0 Å². The van der Waals surface area contributed by atoms with Crippen molar-refractivity contribution < 1.29 is 9.53 Å². The number of amides is 1. The number of hydrogen-bond donors (Lipinski definition) is 2. The molecule has 0 radical (unpaired) electrons. The van der Waals surface area contributed by atoms with E-state index in [1.807, 2.05) is 0 Å². The fraction of sp³-hybridized carbons (Fsp3) is 0.650. The number of carbonyl (C=O) groups excluding carboxylic acids is 1. The molecule has 25 heavy (non-hydrogen) atoms. The van der Waals surface area contributed by atoms with E-state index in [9.17, 15) is 4.79 Å². The van der Waals surface area contributed by atoms with Gasteiger partial charge in [0.2, 0.25) is 5.91 Å². The molecule has 0 bridgehead atoms. The Morgan fingerprint density at radius 3 is 2.40 bits per heavy atom. The van der Waals surface area contributed by atoms with Crippen molar-refractivity contribution in [1.29, 1.82) is 0 Å². The lowest BCUT2D eigenvalue weighted by Crippen LogP contribution is -2.53. The second-order valence-corrected chi connectivity index (χ2v) is 7.66. The number of halogens is 1. The Bertz CT molecular complexity index is 534. The minimum absolute atomic E-state index is 0. The van der Waals surface area contributed by atoms with Gasteiger partial charge >= 0.3 is 0 Å². The van der Waals surface area contributed by atoms with Gasteiger partial charge in [-0.1, -0.05) is 36.8 Å². The van der Waals surface area contributed by atoms with Gasteiger partial charge in [-0.3, -0.25) is 4.79 Å². The van der Waals surface area contributed by atoms with Gasteiger partial charge in [-0.05, 0) is 56.2 Å². The zero-order chi connectivity index (χ0) is 16.9. The van der Waals surface area contributed by atoms with E-state index in [1.54, 1.807) is 7.11 Å². The smallest absolute Gasteiger partial charge is 0.228 e. The largest absolute Gasteiger partial charge is 0.384 e. The second kappa shape index (κ2) is 9.02. The number of nitrogens with one attached hydrogen (secondary N) is 2. The minimum atomic E-state index is -0.350. The average molecular weight is 367 g/mol. The molecule has 1 amide bonds. The molecule has 5 heteroatoms. The summed E-state index contributed by atoms with van der Waals surface area (Å²) in [6.45, 7) is 3.10. The summed E-state index contributed by atoms with van der Waals surface area (Å²) in [5, 5.41) is 6.64. The zero-order valence-electron chi connectivity index (χ0n) is 15.2. The molecule has 0 atom stereocenters. The van der Waals surface area contributed by atoms with Gasteiger partial charge < -0.3 is 15.4 Å². The molecule has 0 unspecified atom stereocenters. The maximum absolute atomic E-state index is 12.9. The van der Waals surface area contributed by atoms with E-state index >= 15 is 0 Å². The first kappa shape index (κ1) is 20.2. The molecule has 1 aromatic carbocycles. The lowest BCUT2D eigenvalue weighted by Gasteiger charge is -2.44. The normalized spacial score (nSPS) is 20.8. The van der Waals surface area contributed by atoms with Crippen LogP contribution in [0.1, 0.15) is 37.7 Å². The molecular formula is C20H31ClN2O2. The molecule has 3 rings (SSSR count). The predicted molar refractivity (Wildman–Crippen MR) is 103 cm³/mol. The second-order valence-electron chi connectivity index (χ2n) is 7.66. The quantitative estimate of drug-likeness (QED) is 0.780. The SMILES string of the molecule is COCC1(C(=O)NCC2(Cc3ccccc3)CCC2)CCNCC1.Cl. The number of hydrogen-bond acceptors (Lipinski definition) is 3. The zero-order valence-corrected chi connectivity index (χ0v) is 16.0. The average Bonchev–Trinajstić information content (AvgIpc) is 2.59. The van der Waals surface area contributed by atoms with Crippen molar-refractivity contribution in [3.63, 3.8) is 0 Å². The molecule has 1 aliphatic carbocycles. The Morgan fingerprint density at radius 1 is 1.16 bits per heavy atom. The van der Waals surface area contributed by atoms with Gasteiger partial charge in [-0.15, -0.1) is 12.4 Å². The maximum atomic E-state index is 12.9. The highest BCUT2D eigenvalue weighted by atomic mass is 35.5. The number of rotatable bonds is 7. The fourth-order valence-electron chi connectivity index (χ4n) is 4.20. The van der Waals surface area contributed by atoms with Crippen LogP contribution in [0.3, 0.4) is 0 Å². The Kier molecular flexibility index (Phi) is 7.29. The number of methoxy groups -OCH3 is 1. The number of piperidine rings is 1. The first-order valence-electron chi connectivity index (χ1n) is 9.20. The van der Waals surface area contributed by atoms with Crippen LogP contribution in [0.2, 0.25) is 0 Å². The lowest BCUT2D eigenvalue weighted by atomic mass is 9.65. The van der Waals surface area contributed by atoms with Crippen LogP contribution in [-0.2, 0) is 16.0 Å². The molecule has 2 aliphatic rings. The Hall–Kier alpha value is -1.10. The molecular weight excluding hydrogens is 336 g/mol. The highest BCUT2D eigenvalue weighted by Gasteiger charge is 2.42. The van der Waals surface area contributed by atoms with Crippen LogP contribution in [0.25, 0.3) is 0 Å². The van der Waals surface area contributed by atoms with E-state index in [2.05, 4.69) is 41.0 Å². The monoisotopic (exact) mass is 366 g/mol. The van der Waals surface area contributed by atoms with Crippen LogP contribution in [-0.4, -0.2) is 39.3 Å². The van der Waals surface area contributed by atoms with Gasteiger partial charge in [0.05, 0.1) is 12.0 Å². The summed E-state index contributed by atoms with van der Waals surface area (Å²) in [6.07, 6.45) is 6.47. The number of carbonyl (C=O) groups is 1. The van der Waals surface area contributed by atoms with Crippen LogP contribution in [0.4, 0.5) is 0 Å². The van der Waals surface area contributed by atoms with E-state index in [0.29, 0.717) is 6.61 Å². The molecule has 1 saturated heterocycles. The highest BCUT2D eigenvalue weighted by Crippen LogP contribution is 2.43. The Labute approximate surface area is 157 Å². The van der Waals surface area contributed by atoms with Crippen molar-refractivity contribution in [3.05, 3.63) is 35.9 Å². The third kappa shape index (κ3) is 4.75. The summed E-state index contributed by atoms with van der Waals surface area (Å²) in [6, 6.07) is 10.7. The van der Waals surface area contributed by atoms with Crippen molar-refractivity contribution >= 4 is 18.3 Å². The topological polar surface area (TPSA) is 50.4 Å². The van der Waals surface area contributed by atoms with Gasteiger partial charge in [0.1, 0.15) is 0 Å². The van der Waals surface area contributed by atoms with Crippen LogP contribution in [0.15, 0.2) is 30.3 Å². The molecule has 4 nitrogen and oxygen atoms in total. The van der Waals surface area contributed by atoms with Crippen LogP contribution < -0.4 is 10.6 Å². The van der Waals surface area contributed by atoms with Gasteiger partial charge in [0, 0.05) is 13.7 Å². The van der Waals surface area contributed by atoms with E-state index < -0.39 is 0 Å². The first-order chi connectivity index (χ1) is 11.7. The first-order valence-corrected chi connectivity index (χ1v) is 9.20. The fourth-order valence-corrected chi connectivity index (χ4v) is 4.20. The highest BCUT2D eigenvalue weighted by molar-refractivity contribution is 5.85. The molecule has 1 heterocycles. The summed E-state index contributed by atoms with van der Waals surface area (Å²) in [4.78, 5) is 12.9. The Morgan fingerprint density at radius 2 is 1.84 bits per heavy atom. The molecule has 2 fully saturated rings. The molecule has 140 valence electrons. The predicted octanol–water partition coefficient (Wildman–Crippen LogP) is 2.95. The molecule has 1 saturated carbocycles. The lowest BCUT2D eigenvalue weighted by molar-refractivity contribution is -0.137. The number of ether oxygens (including phenoxy) is 1. The van der Waals surface area contributed by atoms with Crippen molar-refractivity contribution in [1.82, 2.24) is 10.6 Å². The van der Waals surface area contributed by atoms with E-state index in [1.165, 1.54) is 24.8 Å². The number of benzene rings is 1. The maximum Gasteiger partial charge on any atom is 0.228 e. The summed E-state index contributed by atoms with van der Waals surface area (Å²) in [5.74, 6) is 0.185. The molecule has 2 N–H and O–H groups in total. The van der Waals surface area contributed by atoms with E-state index in [0.717, 1.165) is 38.9 Å².